The molecule has 1 saturated heterocycles. The standard InChI is InChI=1S/C15H19NO9/c1-23-15(20)12(18)14(19,7-8-16(21)22)11(9-17)25-13(15)24-10-5-3-2-4-6-10/h2-8,11-13,17-20H,9H2,1H3/t11-,12+,13-,14+,15+/m1/s1. The molecule has 0 saturated carbocycles. The zero-order chi connectivity index (χ0) is 18.7. The SMILES string of the molecule is CO[C@]1(O)[C@H](Oc2ccccc2)O[C@H](CO)[C@@](O)(C=C[N+](=O)[O-])[C@@H]1O. The molecule has 1 fully saturated rings. The Morgan fingerprint density at radius 2 is 2.00 bits per heavy atom. The second-order valence-electron chi connectivity index (χ2n) is 5.42. The second-order valence-corrected chi connectivity index (χ2v) is 5.42. The quantitative estimate of drug-likeness (QED) is 0.285. The first kappa shape index (κ1) is 19.2. The Balaban J connectivity index is 2.38. The molecular weight excluding hydrogens is 338 g/mol. The summed E-state index contributed by atoms with van der Waals surface area (Å²) >= 11 is 0. The fourth-order valence-electron chi connectivity index (χ4n) is 2.50. The van der Waals surface area contributed by atoms with Gasteiger partial charge in [-0.2, -0.15) is 0 Å². The summed E-state index contributed by atoms with van der Waals surface area (Å²) in [6.45, 7) is -0.815. The zero-order valence-electron chi connectivity index (χ0n) is 13.3. The largest absolute Gasteiger partial charge is 0.459 e. The van der Waals surface area contributed by atoms with Gasteiger partial charge in [-0.15, -0.1) is 0 Å². The third-order valence-corrected chi connectivity index (χ3v) is 3.91. The second kappa shape index (κ2) is 7.44. The van der Waals surface area contributed by atoms with Crippen molar-refractivity contribution in [2.75, 3.05) is 13.7 Å². The number of para-hydroxylation sites is 1. The summed E-state index contributed by atoms with van der Waals surface area (Å²) < 4.78 is 15.7. The molecule has 1 heterocycles. The molecule has 0 unspecified atom stereocenters. The number of ether oxygens (including phenoxy) is 3. The van der Waals surface area contributed by atoms with Gasteiger partial charge in [0.2, 0.25) is 6.20 Å². The average Bonchev–Trinajstić information content (AvgIpc) is 2.61. The van der Waals surface area contributed by atoms with Crippen LogP contribution in [0.3, 0.4) is 0 Å². The third-order valence-electron chi connectivity index (χ3n) is 3.91. The Hall–Kier alpha value is -2.08. The van der Waals surface area contributed by atoms with E-state index in [2.05, 4.69) is 0 Å². The van der Waals surface area contributed by atoms with Crippen LogP contribution in [0.1, 0.15) is 0 Å². The highest BCUT2D eigenvalue weighted by Crippen LogP contribution is 2.38. The molecule has 5 atom stereocenters. The van der Waals surface area contributed by atoms with E-state index in [9.17, 15) is 30.5 Å². The lowest BCUT2D eigenvalue weighted by molar-refractivity contribution is -0.416. The smallest absolute Gasteiger partial charge is 0.260 e. The lowest BCUT2D eigenvalue weighted by atomic mass is 9.82. The molecule has 0 radical (unpaired) electrons. The summed E-state index contributed by atoms with van der Waals surface area (Å²) in [6, 6.07) is 8.13. The van der Waals surface area contributed by atoms with Crippen molar-refractivity contribution in [3.05, 3.63) is 52.7 Å². The van der Waals surface area contributed by atoms with Gasteiger partial charge in [0.25, 0.3) is 12.1 Å². The van der Waals surface area contributed by atoms with Crippen LogP contribution in [-0.4, -0.2) is 69.0 Å². The topological polar surface area (TPSA) is 152 Å². The van der Waals surface area contributed by atoms with E-state index >= 15 is 0 Å². The van der Waals surface area contributed by atoms with E-state index in [1.165, 1.54) is 0 Å². The molecule has 10 nitrogen and oxygen atoms in total. The van der Waals surface area contributed by atoms with Crippen molar-refractivity contribution in [1.82, 2.24) is 0 Å². The molecule has 1 aliphatic rings. The molecule has 25 heavy (non-hydrogen) atoms. The molecule has 1 aromatic carbocycles. The van der Waals surface area contributed by atoms with Gasteiger partial charge in [-0.1, -0.05) is 18.2 Å². The summed E-state index contributed by atoms with van der Waals surface area (Å²) in [6.07, 6.45) is -4.30. The van der Waals surface area contributed by atoms with E-state index in [-0.39, 0.29) is 5.75 Å². The number of nitrogens with zero attached hydrogens (tertiary/aromatic N) is 1. The molecule has 0 spiro atoms. The molecule has 4 N–H and O–H groups in total. The van der Waals surface area contributed by atoms with Gasteiger partial charge >= 0.3 is 0 Å². The van der Waals surface area contributed by atoms with Crippen molar-refractivity contribution in [2.24, 2.45) is 0 Å². The highest BCUT2D eigenvalue weighted by molar-refractivity contribution is 5.22. The molecule has 0 bridgehead atoms. The van der Waals surface area contributed by atoms with E-state index in [1.807, 2.05) is 0 Å². The van der Waals surface area contributed by atoms with Crippen molar-refractivity contribution < 1.29 is 39.6 Å². The summed E-state index contributed by atoms with van der Waals surface area (Å²) in [5, 5.41) is 51.6. The summed E-state index contributed by atoms with van der Waals surface area (Å²) in [5.74, 6) is -2.31. The van der Waals surface area contributed by atoms with E-state index in [4.69, 9.17) is 14.2 Å². The van der Waals surface area contributed by atoms with Gasteiger partial charge < -0.3 is 34.6 Å². The van der Waals surface area contributed by atoms with E-state index in [1.54, 1.807) is 30.3 Å². The van der Waals surface area contributed by atoms with Crippen LogP contribution < -0.4 is 4.74 Å². The van der Waals surface area contributed by atoms with Gasteiger partial charge in [-0.05, 0) is 12.1 Å². The van der Waals surface area contributed by atoms with Gasteiger partial charge in [0.05, 0.1) is 11.5 Å². The molecule has 1 aliphatic heterocycles. The van der Waals surface area contributed by atoms with E-state index in [0.29, 0.717) is 12.3 Å². The maximum atomic E-state index is 10.6. The van der Waals surface area contributed by atoms with Crippen LogP contribution in [0, 0.1) is 10.1 Å². The highest BCUT2D eigenvalue weighted by Gasteiger charge is 2.64. The van der Waals surface area contributed by atoms with Crippen LogP contribution in [0.5, 0.6) is 5.75 Å². The number of hydrogen-bond acceptors (Lipinski definition) is 9. The number of aliphatic hydroxyl groups is 4. The van der Waals surface area contributed by atoms with Gasteiger partial charge in [0.15, 0.2) is 0 Å². The molecule has 0 aromatic heterocycles. The summed E-state index contributed by atoms with van der Waals surface area (Å²) in [5.41, 5.74) is -2.50. The van der Waals surface area contributed by atoms with Crippen molar-refractivity contribution >= 4 is 0 Å². The first-order chi connectivity index (χ1) is 11.8. The van der Waals surface area contributed by atoms with Crippen molar-refractivity contribution in [1.29, 1.82) is 0 Å². The predicted molar refractivity (Wildman–Crippen MR) is 81.9 cm³/mol. The third kappa shape index (κ3) is 3.63. The average molecular weight is 357 g/mol. The van der Waals surface area contributed by atoms with Crippen LogP contribution in [-0.2, 0) is 9.47 Å². The van der Waals surface area contributed by atoms with Crippen LogP contribution in [0.15, 0.2) is 42.6 Å². The van der Waals surface area contributed by atoms with Gasteiger partial charge in [0, 0.05) is 13.2 Å². The fraction of sp³-hybridized carbons (Fsp3) is 0.467. The molecule has 0 aliphatic carbocycles. The Bertz CT molecular complexity index is 625. The lowest BCUT2D eigenvalue weighted by Gasteiger charge is -2.50. The summed E-state index contributed by atoms with van der Waals surface area (Å²) in [4.78, 5) is 9.65. The minimum absolute atomic E-state index is 0.262. The van der Waals surface area contributed by atoms with Gasteiger partial charge in [-0.25, -0.2) is 0 Å². The van der Waals surface area contributed by atoms with Crippen LogP contribution in [0.25, 0.3) is 0 Å². The fourth-order valence-corrected chi connectivity index (χ4v) is 2.50. The Morgan fingerprint density at radius 1 is 1.36 bits per heavy atom. The number of hydrogen-bond donors (Lipinski definition) is 4. The minimum atomic E-state index is -2.57. The van der Waals surface area contributed by atoms with Gasteiger partial charge in [-0.3, -0.25) is 10.1 Å². The monoisotopic (exact) mass is 357 g/mol. The first-order valence-corrected chi connectivity index (χ1v) is 7.26. The molecule has 138 valence electrons. The maximum absolute atomic E-state index is 10.6. The Morgan fingerprint density at radius 3 is 2.52 bits per heavy atom. The first-order valence-electron chi connectivity index (χ1n) is 7.26. The van der Waals surface area contributed by atoms with Crippen LogP contribution in [0.4, 0.5) is 0 Å². The molecule has 2 rings (SSSR count). The van der Waals surface area contributed by atoms with Crippen molar-refractivity contribution in [3.8, 4) is 5.75 Å². The van der Waals surface area contributed by atoms with Crippen LogP contribution >= 0.6 is 0 Å². The summed E-state index contributed by atoms with van der Waals surface area (Å²) in [7, 11) is 1.03. The lowest BCUT2D eigenvalue weighted by Crippen LogP contribution is -2.74. The van der Waals surface area contributed by atoms with E-state index < -0.39 is 41.4 Å². The van der Waals surface area contributed by atoms with Gasteiger partial charge in [0.1, 0.15) is 23.6 Å². The minimum Gasteiger partial charge on any atom is -0.459 e. The molecule has 1 aromatic rings. The normalized spacial score (nSPS) is 35.6. The number of benzene rings is 1. The van der Waals surface area contributed by atoms with E-state index in [0.717, 1.165) is 7.11 Å². The highest BCUT2D eigenvalue weighted by atomic mass is 16.8. The number of methoxy groups -OCH3 is 1. The maximum Gasteiger partial charge on any atom is 0.260 e. The van der Waals surface area contributed by atoms with Crippen LogP contribution in [0.2, 0.25) is 0 Å². The Kier molecular flexibility index (Phi) is 5.72. The molecular formula is C15H19NO9. The number of aliphatic hydroxyl groups excluding tert-OH is 2. The van der Waals surface area contributed by atoms with Crippen molar-refractivity contribution in [3.63, 3.8) is 0 Å². The predicted octanol–water partition coefficient (Wildman–Crippen LogP) is -1.00. The number of rotatable bonds is 6. The molecule has 0 amide bonds. The number of nitro groups is 1. The van der Waals surface area contributed by atoms with Crippen molar-refractivity contribution in [2.45, 2.75) is 29.9 Å². The Labute approximate surface area is 142 Å². The zero-order valence-corrected chi connectivity index (χ0v) is 13.3. The molecule has 10 heteroatoms.